The number of nitrogens with zero attached hydrogens (tertiary/aromatic N) is 1. The molecule has 0 bridgehead atoms. The van der Waals surface area contributed by atoms with Crippen LogP contribution in [-0.2, 0) is 0 Å². The Hall–Kier alpha value is -0.460. The highest BCUT2D eigenvalue weighted by molar-refractivity contribution is 4.74. The third kappa shape index (κ3) is 2.90. The fourth-order valence-corrected chi connectivity index (χ4v) is 1.18. The van der Waals surface area contributed by atoms with Gasteiger partial charge in [-0.2, -0.15) is 0 Å². The largest absolute Gasteiger partial charge is 0.378 e. The first-order valence-electron chi connectivity index (χ1n) is 4.10. The maximum absolute atomic E-state index is 3.74. The van der Waals surface area contributed by atoms with Crippen LogP contribution in [-0.4, -0.2) is 18.0 Å². The van der Waals surface area contributed by atoms with E-state index in [4.69, 9.17) is 0 Å². The summed E-state index contributed by atoms with van der Waals surface area (Å²) in [7, 11) is 2.09. The number of hydrogen-bond donors (Lipinski definition) is 0. The first-order valence-corrected chi connectivity index (χ1v) is 4.10. The van der Waals surface area contributed by atoms with Crippen LogP contribution in [0.3, 0.4) is 0 Å². The van der Waals surface area contributed by atoms with Crippen LogP contribution >= 0.6 is 0 Å². The Morgan fingerprint density at radius 1 is 1.50 bits per heavy atom. The Balaban J connectivity index is 3.67. The van der Waals surface area contributed by atoms with Crippen molar-refractivity contribution in [3.8, 4) is 0 Å². The van der Waals surface area contributed by atoms with Crippen LogP contribution in [0.25, 0.3) is 0 Å². The Morgan fingerprint density at radius 2 is 2.10 bits per heavy atom. The average molecular weight is 141 g/mol. The minimum atomic E-state index is 0.697. The number of hydrogen-bond acceptors (Lipinski definition) is 1. The molecule has 1 heteroatoms. The van der Waals surface area contributed by atoms with Crippen LogP contribution in [0.1, 0.15) is 33.1 Å². The van der Waals surface area contributed by atoms with Gasteiger partial charge in [0.05, 0.1) is 0 Å². The molecule has 0 radical (unpaired) electrons. The van der Waals surface area contributed by atoms with E-state index < -0.39 is 0 Å². The first kappa shape index (κ1) is 9.54. The Morgan fingerprint density at radius 3 is 2.40 bits per heavy atom. The molecule has 10 heavy (non-hydrogen) atoms. The normalized spacial score (nSPS) is 12.7. The summed E-state index contributed by atoms with van der Waals surface area (Å²) in [6.07, 6.45) is 5.66. The van der Waals surface area contributed by atoms with Gasteiger partial charge in [-0.25, -0.2) is 0 Å². The lowest BCUT2D eigenvalue weighted by Gasteiger charge is -2.24. The highest BCUT2D eigenvalue weighted by Gasteiger charge is 2.05. The molecule has 1 nitrogen and oxygen atoms in total. The zero-order valence-corrected chi connectivity index (χ0v) is 7.43. The zero-order chi connectivity index (χ0) is 7.98. The van der Waals surface area contributed by atoms with Crippen LogP contribution in [0.15, 0.2) is 12.8 Å². The van der Waals surface area contributed by atoms with Gasteiger partial charge in [0, 0.05) is 13.1 Å². The SMILES string of the molecule is C=CN(C)C(CC)CCC. The smallest absolute Gasteiger partial charge is 0.0278 e. The van der Waals surface area contributed by atoms with Gasteiger partial charge in [-0.1, -0.05) is 26.8 Å². The molecular formula is C9H19N. The quantitative estimate of drug-likeness (QED) is 0.569. The second-order valence-corrected chi connectivity index (χ2v) is 2.70. The lowest BCUT2D eigenvalue weighted by Crippen LogP contribution is -2.25. The maximum Gasteiger partial charge on any atom is 0.0278 e. The van der Waals surface area contributed by atoms with Crippen molar-refractivity contribution in [2.24, 2.45) is 0 Å². The van der Waals surface area contributed by atoms with Crippen molar-refractivity contribution in [3.63, 3.8) is 0 Å². The van der Waals surface area contributed by atoms with Gasteiger partial charge in [0.25, 0.3) is 0 Å². The monoisotopic (exact) mass is 141 g/mol. The van der Waals surface area contributed by atoms with Gasteiger partial charge in [-0.05, 0) is 19.0 Å². The Bertz CT molecular complexity index is 88.7. The average Bonchev–Trinajstić information content (AvgIpc) is 1.99. The lowest BCUT2D eigenvalue weighted by atomic mass is 10.1. The fraction of sp³-hybridized carbons (Fsp3) is 0.778. The fourth-order valence-electron chi connectivity index (χ4n) is 1.18. The van der Waals surface area contributed by atoms with Gasteiger partial charge in [-0.3, -0.25) is 0 Å². The molecule has 0 aromatic rings. The van der Waals surface area contributed by atoms with Crippen molar-refractivity contribution in [2.75, 3.05) is 7.05 Å². The van der Waals surface area contributed by atoms with Crippen molar-refractivity contribution in [1.82, 2.24) is 4.90 Å². The minimum absolute atomic E-state index is 0.697. The molecule has 60 valence electrons. The molecule has 0 saturated carbocycles. The van der Waals surface area contributed by atoms with E-state index in [1.807, 2.05) is 6.20 Å². The molecule has 0 aliphatic carbocycles. The Kier molecular flexibility index (Phi) is 5.09. The van der Waals surface area contributed by atoms with Gasteiger partial charge < -0.3 is 4.90 Å². The van der Waals surface area contributed by atoms with Crippen LogP contribution in [0, 0.1) is 0 Å². The van der Waals surface area contributed by atoms with Gasteiger partial charge in [0.15, 0.2) is 0 Å². The molecule has 0 aliphatic heterocycles. The lowest BCUT2D eigenvalue weighted by molar-refractivity contribution is 0.302. The maximum atomic E-state index is 3.74. The third-order valence-corrected chi connectivity index (χ3v) is 1.96. The van der Waals surface area contributed by atoms with E-state index in [0.29, 0.717) is 6.04 Å². The highest BCUT2D eigenvalue weighted by atomic mass is 15.1. The first-order chi connectivity index (χ1) is 4.76. The van der Waals surface area contributed by atoms with E-state index in [-0.39, 0.29) is 0 Å². The predicted molar refractivity (Wildman–Crippen MR) is 46.9 cm³/mol. The van der Waals surface area contributed by atoms with Crippen LogP contribution in [0.2, 0.25) is 0 Å². The van der Waals surface area contributed by atoms with Gasteiger partial charge in [-0.15, -0.1) is 0 Å². The van der Waals surface area contributed by atoms with Crippen molar-refractivity contribution >= 4 is 0 Å². The minimum Gasteiger partial charge on any atom is -0.378 e. The molecule has 0 spiro atoms. The van der Waals surface area contributed by atoms with Crippen LogP contribution in [0.4, 0.5) is 0 Å². The second kappa shape index (κ2) is 5.33. The zero-order valence-electron chi connectivity index (χ0n) is 7.43. The Labute approximate surface area is 64.7 Å². The summed E-state index contributed by atoms with van der Waals surface area (Å²) in [5, 5.41) is 0. The topological polar surface area (TPSA) is 3.24 Å². The van der Waals surface area contributed by atoms with Crippen molar-refractivity contribution in [1.29, 1.82) is 0 Å². The van der Waals surface area contributed by atoms with Crippen LogP contribution < -0.4 is 0 Å². The highest BCUT2D eigenvalue weighted by Crippen LogP contribution is 2.08. The van der Waals surface area contributed by atoms with E-state index in [0.717, 1.165) is 0 Å². The molecule has 1 unspecified atom stereocenters. The molecule has 0 N–H and O–H groups in total. The van der Waals surface area contributed by atoms with Gasteiger partial charge in [0.1, 0.15) is 0 Å². The van der Waals surface area contributed by atoms with Gasteiger partial charge in [0.2, 0.25) is 0 Å². The molecule has 1 atom stereocenters. The van der Waals surface area contributed by atoms with Crippen molar-refractivity contribution in [3.05, 3.63) is 12.8 Å². The van der Waals surface area contributed by atoms with E-state index in [2.05, 4.69) is 32.4 Å². The molecule has 0 rings (SSSR count). The predicted octanol–water partition coefficient (Wildman–Crippen LogP) is 2.64. The summed E-state index contributed by atoms with van der Waals surface area (Å²) in [6.45, 7) is 8.18. The summed E-state index contributed by atoms with van der Waals surface area (Å²) < 4.78 is 0. The second-order valence-electron chi connectivity index (χ2n) is 2.70. The molecule has 0 amide bonds. The molecule has 0 aromatic heterocycles. The van der Waals surface area contributed by atoms with E-state index in [9.17, 15) is 0 Å². The summed E-state index contributed by atoms with van der Waals surface area (Å²) in [5.41, 5.74) is 0. The van der Waals surface area contributed by atoms with E-state index in [1.165, 1.54) is 19.3 Å². The summed E-state index contributed by atoms with van der Waals surface area (Å²) in [6, 6.07) is 0.697. The van der Waals surface area contributed by atoms with Crippen molar-refractivity contribution in [2.45, 2.75) is 39.2 Å². The number of rotatable bonds is 5. The van der Waals surface area contributed by atoms with E-state index in [1.54, 1.807) is 0 Å². The molecular weight excluding hydrogens is 122 g/mol. The molecule has 0 saturated heterocycles. The molecule has 0 aromatic carbocycles. The molecule has 0 aliphatic rings. The summed E-state index contributed by atoms with van der Waals surface area (Å²) in [4.78, 5) is 2.20. The summed E-state index contributed by atoms with van der Waals surface area (Å²) in [5.74, 6) is 0. The molecule has 0 heterocycles. The van der Waals surface area contributed by atoms with Crippen LogP contribution in [0.5, 0.6) is 0 Å². The standard InChI is InChI=1S/C9H19N/c1-5-8-9(6-2)10(4)7-3/h7,9H,3,5-6,8H2,1-2,4H3. The summed E-state index contributed by atoms with van der Waals surface area (Å²) >= 11 is 0. The van der Waals surface area contributed by atoms with Crippen molar-refractivity contribution < 1.29 is 0 Å². The van der Waals surface area contributed by atoms with Gasteiger partial charge >= 0.3 is 0 Å². The third-order valence-electron chi connectivity index (χ3n) is 1.96. The van der Waals surface area contributed by atoms with E-state index >= 15 is 0 Å². The molecule has 0 fully saturated rings.